The zero-order chi connectivity index (χ0) is 24.9. The summed E-state index contributed by atoms with van der Waals surface area (Å²) in [5.41, 5.74) is 3.12. The number of ether oxygens (including phenoxy) is 1. The highest BCUT2D eigenvalue weighted by atomic mass is 16.5. The van der Waals surface area contributed by atoms with Gasteiger partial charge in [-0.2, -0.15) is 5.10 Å². The van der Waals surface area contributed by atoms with Crippen LogP contribution in [0.4, 0.5) is 16.3 Å². The van der Waals surface area contributed by atoms with Crippen molar-refractivity contribution in [3.8, 4) is 11.4 Å². The molecule has 0 spiro atoms. The zero-order valence-corrected chi connectivity index (χ0v) is 20.7. The highest BCUT2D eigenvalue weighted by molar-refractivity contribution is 5.97. The van der Waals surface area contributed by atoms with Crippen molar-refractivity contribution in [2.75, 3.05) is 30.8 Å². The van der Waals surface area contributed by atoms with Crippen LogP contribution < -0.4 is 15.4 Å². The fraction of sp³-hybridized carbons (Fsp3) is 0.346. The first-order valence-electron chi connectivity index (χ1n) is 11.3. The topological polar surface area (TPSA) is 88.5 Å². The summed E-state index contributed by atoms with van der Waals surface area (Å²) in [6.45, 7) is 10.3. The van der Waals surface area contributed by atoms with Crippen molar-refractivity contribution in [1.29, 1.82) is 0 Å². The minimum atomic E-state index is -0.384. The van der Waals surface area contributed by atoms with Gasteiger partial charge in [-0.3, -0.25) is 4.79 Å². The molecular formula is C26H33N5O3. The summed E-state index contributed by atoms with van der Waals surface area (Å²) in [5, 5.41) is 10.5. The fourth-order valence-corrected chi connectivity index (χ4v) is 3.45. The number of carbonyl (C=O) groups is 2. The summed E-state index contributed by atoms with van der Waals surface area (Å²) < 4.78 is 7.04. The van der Waals surface area contributed by atoms with Gasteiger partial charge in [-0.1, -0.05) is 51.1 Å². The van der Waals surface area contributed by atoms with E-state index in [4.69, 9.17) is 9.84 Å². The quantitative estimate of drug-likeness (QED) is 0.517. The molecule has 3 amide bonds. The number of likely N-dealkylation sites (N-methyl/N-ethyl adjacent to an activating group) is 1. The molecule has 1 aromatic heterocycles. The molecule has 0 bridgehead atoms. The number of aryl methyl sites for hydroxylation is 1. The molecular weight excluding hydrogens is 430 g/mol. The van der Waals surface area contributed by atoms with E-state index in [2.05, 4.69) is 31.4 Å². The molecule has 34 heavy (non-hydrogen) atoms. The van der Waals surface area contributed by atoms with Crippen molar-refractivity contribution < 1.29 is 14.3 Å². The summed E-state index contributed by atoms with van der Waals surface area (Å²) in [7, 11) is 1.54. The van der Waals surface area contributed by atoms with Gasteiger partial charge in [0.1, 0.15) is 18.1 Å². The normalized spacial score (nSPS) is 11.1. The largest absolute Gasteiger partial charge is 0.495 e. The first kappa shape index (κ1) is 24.8. The Labute approximate surface area is 200 Å². The molecule has 0 aliphatic heterocycles. The van der Waals surface area contributed by atoms with Crippen molar-refractivity contribution in [3.05, 3.63) is 65.9 Å². The lowest BCUT2D eigenvalue weighted by Gasteiger charge is -2.21. The van der Waals surface area contributed by atoms with Gasteiger partial charge in [0.15, 0.2) is 0 Å². The molecule has 0 unspecified atom stereocenters. The van der Waals surface area contributed by atoms with Crippen LogP contribution in [0.15, 0.2) is 54.6 Å². The zero-order valence-electron chi connectivity index (χ0n) is 20.7. The maximum absolute atomic E-state index is 13.0. The number of aromatic nitrogens is 2. The number of benzene rings is 2. The average Bonchev–Trinajstić information content (AvgIpc) is 3.22. The Morgan fingerprint density at radius 1 is 1.06 bits per heavy atom. The minimum Gasteiger partial charge on any atom is -0.495 e. The van der Waals surface area contributed by atoms with E-state index < -0.39 is 0 Å². The Hall–Kier alpha value is -3.81. The molecule has 0 aliphatic carbocycles. The first-order chi connectivity index (χ1) is 16.1. The van der Waals surface area contributed by atoms with Crippen LogP contribution >= 0.6 is 0 Å². The van der Waals surface area contributed by atoms with Crippen LogP contribution in [0, 0.1) is 6.92 Å². The standard InChI is InChI=1S/C26H33N5O3/c1-7-30(25(33)27-19-13-9-11-15-21(19)34-6)17-24(32)28-23-16-22(26(3,4)5)29-31(23)20-14-10-8-12-18(20)2/h8-16H,7,17H2,1-6H3,(H,27,33)(H,28,32). The maximum atomic E-state index is 13.0. The number of nitrogens with one attached hydrogen (secondary N) is 2. The van der Waals surface area contributed by atoms with Crippen LogP contribution in [0.25, 0.3) is 5.69 Å². The Morgan fingerprint density at radius 3 is 2.38 bits per heavy atom. The number of rotatable bonds is 7. The molecule has 0 atom stereocenters. The van der Waals surface area contributed by atoms with Crippen molar-refractivity contribution in [2.45, 2.75) is 40.0 Å². The van der Waals surface area contributed by atoms with Crippen LogP contribution in [0.3, 0.4) is 0 Å². The summed E-state index contributed by atoms with van der Waals surface area (Å²) in [5.74, 6) is 0.797. The molecule has 8 nitrogen and oxygen atoms in total. The smallest absolute Gasteiger partial charge is 0.322 e. The van der Waals surface area contributed by atoms with E-state index in [0.717, 1.165) is 16.9 Å². The SMILES string of the molecule is CCN(CC(=O)Nc1cc(C(C)(C)C)nn1-c1ccccc1C)C(=O)Nc1ccccc1OC. The lowest BCUT2D eigenvalue weighted by atomic mass is 9.92. The second-order valence-electron chi connectivity index (χ2n) is 9.06. The van der Waals surface area contributed by atoms with Gasteiger partial charge in [-0.25, -0.2) is 9.48 Å². The summed E-state index contributed by atoms with van der Waals surface area (Å²) in [4.78, 5) is 27.3. The van der Waals surface area contributed by atoms with E-state index in [0.29, 0.717) is 23.8 Å². The predicted molar refractivity (Wildman–Crippen MR) is 135 cm³/mol. The van der Waals surface area contributed by atoms with Crippen LogP contribution in [-0.2, 0) is 10.2 Å². The summed E-state index contributed by atoms with van der Waals surface area (Å²) >= 11 is 0. The van der Waals surface area contributed by atoms with Crippen molar-refractivity contribution >= 4 is 23.4 Å². The molecule has 3 aromatic rings. The molecule has 0 saturated heterocycles. The Morgan fingerprint density at radius 2 is 1.74 bits per heavy atom. The van der Waals surface area contributed by atoms with Crippen LogP contribution in [-0.4, -0.2) is 46.8 Å². The number of hydrogen-bond donors (Lipinski definition) is 2. The third-order valence-corrected chi connectivity index (χ3v) is 5.44. The molecule has 2 aromatic carbocycles. The van der Waals surface area contributed by atoms with E-state index >= 15 is 0 Å². The Bertz CT molecular complexity index is 1160. The third kappa shape index (κ3) is 5.75. The number of anilines is 2. The van der Waals surface area contributed by atoms with Crippen LogP contribution in [0.5, 0.6) is 5.75 Å². The van der Waals surface area contributed by atoms with Gasteiger partial charge in [0.05, 0.1) is 24.2 Å². The van der Waals surface area contributed by atoms with E-state index in [9.17, 15) is 9.59 Å². The van der Waals surface area contributed by atoms with Crippen LogP contribution in [0.2, 0.25) is 0 Å². The molecule has 8 heteroatoms. The van der Waals surface area contributed by atoms with Gasteiger partial charge in [0.25, 0.3) is 0 Å². The lowest BCUT2D eigenvalue weighted by Crippen LogP contribution is -2.40. The maximum Gasteiger partial charge on any atom is 0.322 e. The molecule has 0 aliphatic rings. The Balaban J connectivity index is 1.79. The highest BCUT2D eigenvalue weighted by Gasteiger charge is 2.23. The number of carbonyl (C=O) groups excluding carboxylic acids is 2. The molecule has 180 valence electrons. The van der Waals surface area contributed by atoms with Crippen molar-refractivity contribution in [3.63, 3.8) is 0 Å². The first-order valence-corrected chi connectivity index (χ1v) is 11.3. The van der Waals surface area contributed by atoms with Gasteiger partial charge in [-0.15, -0.1) is 0 Å². The molecule has 0 saturated carbocycles. The minimum absolute atomic E-state index is 0.110. The van der Waals surface area contributed by atoms with Gasteiger partial charge in [0, 0.05) is 18.0 Å². The van der Waals surface area contributed by atoms with Crippen molar-refractivity contribution in [2.24, 2.45) is 0 Å². The molecule has 2 N–H and O–H groups in total. The predicted octanol–water partition coefficient (Wildman–Crippen LogP) is 4.98. The number of methoxy groups -OCH3 is 1. The number of hydrogen-bond acceptors (Lipinski definition) is 4. The highest BCUT2D eigenvalue weighted by Crippen LogP contribution is 2.27. The monoisotopic (exact) mass is 463 g/mol. The third-order valence-electron chi connectivity index (χ3n) is 5.44. The molecule has 3 rings (SSSR count). The Kier molecular flexibility index (Phi) is 7.61. The van der Waals surface area contributed by atoms with Gasteiger partial charge < -0.3 is 20.3 Å². The summed E-state index contributed by atoms with van der Waals surface area (Å²) in [6.07, 6.45) is 0. The van der Waals surface area contributed by atoms with Gasteiger partial charge >= 0.3 is 6.03 Å². The van der Waals surface area contributed by atoms with Crippen LogP contribution in [0.1, 0.15) is 39.0 Å². The molecule has 1 heterocycles. The summed E-state index contributed by atoms with van der Waals surface area (Å²) in [6, 6.07) is 16.5. The van der Waals surface area contributed by atoms with Crippen molar-refractivity contribution in [1.82, 2.24) is 14.7 Å². The number of nitrogens with zero attached hydrogens (tertiary/aromatic N) is 3. The van der Waals surface area contributed by atoms with E-state index in [1.807, 2.05) is 50.2 Å². The number of urea groups is 1. The number of amides is 3. The van der Waals surface area contributed by atoms with Gasteiger partial charge in [-0.05, 0) is 37.6 Å². The molecule has 0 radical (unpaired) electrons. The second-order valence-corrected chi connectivity index (χ2v) is 9.06. The van der Waals surface area contributed by atoms with E-state index in [1.165, 1.54) is 4.90 Å². The van der Waals surface area contributed by atoms with Gasteiger partial charge in [0.2, 0.25) is 5.91 Å². The number of para-hydroxylation sites is 3. The lowest BCUT2D eigenvalue weighted by molar-refractivity contribution is -0.116. The molecule has 0 fully saturated rings. The second kappa shape index (κ2) is 10.4. The van der Waals surface area contributed by atoms with E-state index in [-0.39, 0.29) is 23.9 Å². The average molecular weight is 464 g/mol. The fourth-order valence-electron chi connectivity index (χ4n) is 3.45. The van der Waals surface area contributed by atoms with E-state index in [1.54, 1.807) is 30.0 Å².